The topological polar surface area (TPSA) is 38.3 Å². The third-order valence-corrected chi connectivity index (χ3v) is 4.37. The summed E-state index contributed by atoms with van der Waals surface area (Å²) in [6, 6.07) is 16.2. The maximum absolute atomic E-state index is 10.5. The van der Waals surface area contributed by atoms with Crippen molar-refractivity contribution in [2.45, 2.75) is 32.9 Å². The van der Waals surface area contributed by atoms with E-state index in [4.69, 9.17) is 4.74 Å². The van der Waals surface area contributed by atoms with Crippen molar-refractivity contribution in [2.24, 2.45) is 7.05 Å². The van der Waals surface area contributed by atoms with Gasteiger partial charge in [-0.3, -0.25) is 0 Å². The molecule has 0 aliphatic rings. The molecule has 0 saturated heterocycles. The van der Waals surface area contributed by atoms with Crippen molar-refractivity contribution in [2.75, 3.05) is 6.61 Å². The number of aryl methyl sites for hydroxylation is 2. The average molecular weight is 325 g/mol. The molecule has 0 unspecified atom stereocenters. The van der Waals surface area contributed by atoms with Crippen molar-refractivity contribution >= 4 is 11.0 Å². The minimum atomic E-state index is -0.563. The molecule has 0 aliphatic carbocycles. The molecule has 0 aliphatic heterocycles. The molecular formula is C20H25N2O2+. The van der Waals surface area contributed by atoms with Crippen LogP contribution in [0.2, 0.25) is 0 Å². The highest BCUT2D eigenvalue weighted by Crippen LogP contribution is 2.16. The summed E-state index contributed by atoms with van der Waals surface area (Å²) in [5.41, 5.74) is 3.48. The molecule has 1 heterocycles. The third kappa shape index (κ3) is 3.29. The van der Waals surface area contributed by atoms with Crippen LogP contribution in [0, 0.1) is 6.92 Å². The lowest BCUT2D eigenvalue weighted by atomic mass is 10.2. The van der Waals surface area contributed by atoms with Gasteiger partial charge in [-0.1, -0.05) is 31.2 Å². The number of ether oxygens (including phenoxy) is 1. The van der Waals surface area contributed by atoms with E-state index in [1.807, 2.05) is 43.3 Å². The summed E-state index contributed by atoms with van der Waals surface area (Å²) in [7, 11) is 2.08. The second-order valence-corrected chi connectivity index (χ2v) is 6.21. The van der Waals surface area contributed by atoms with Gasteiger partial charge in [0.1, 0.15) is 25.0 Å². The van der Waals surface area contributed by atoms with Gasteiger partial charge >= 0.3 is 0 Å². The Morgan fingerprint density at radius 3 is 2.71 bits per heavy atom. The fourth-order valence-electron chi connectivity index (χ4n) is 3.23. The number of aliphatic hydroxyl groups is 1. The van der Waals surface area contributed by atoms with Crippen molar-refractivity contribution in [3.63, 3.8) is 0 Å². The molecule has 1 aromatic heterocycles. The molecule has 0 bridgehead atoms. The molecule has 24 heavy (non-hydrogen) atoms. The van der Waals surface area contributed by atoms with Crippen LogP contribution in [-0.4, -0.2) is 22.4 Å². The zero-order chi connectivity index (χ0) is 17.1. The molecule has 126 valence electrons. The fourth-order valence-corrected chi connectivity index (χ4v) is 3.23. The molecule has 2 aromatic carbocycles. The highest BCUT2D eigenvalue weighted by Gasteiger charge is 2.23. The Morgan fingerprint density at radius 1 is 1.17 bits per heavy atom. The number of nitrogens with zero attached hydrogens (tertiary/aromatic N) is 2. The number of para-hydroxylation sites is 2. The van der Waals surface area contributed by atoms with E-state index in [0.29, 0.717) is 6.54 Å². The van der Waals surface area contributed by atoms with Gasteiger partial charge in [0, 0.05) is 6.42 Å². The van der Waals surface area contributed by atoms with Crippen LogP contribution < -0.4 is 9.30 Å². The molecule has 4 heteroatoms. The van der Waals surface area contributed by atoms with Crippen molar-refractivity contribution in [1.82, 2.24) is 4.57 Å². The van der Waals surface area contributed by atoms with Gasteiger partial charge in [0.05, 0.1) is 7.05 Å². The Hall–Kier alpha value is -2.33. The molecule has 1 atom stereocenters. The molecule has 0 fully saturated rings. The van der Waals surface area contributed by atoms with Gasteiger partial charge in [0.15, 0.2) is 11.0 Å². The summed E-state index contributed by atoms with van der Waals surface area (Å²) in [4.78, 5) is 0. The summed E-state index contributed by atoms with van der Waals surface area (Å²) in [6.45, 7) is 4.97. The summed E-state index contributed by atoms with van der Waals surface area (Å²) in [5.74, 6) is 2.00. The summed E-state index contributed by atoms with van der Waals surface area (Å²) >= 11 is 0. The number of imidazole rings is 1. The molecule has 0 spiro atoms. The monoisotopic (exact) mass is 325 g/mol. The van der Waals surface area contributed by atoms with E-state index in [2.05, 4.69) is 35.2 Å². The SMILES string of the molecule is CCc1n(C[C@H](O)COc2cccc(C)c2)c2ccccc2[n+]1C. The molecular weight excluding hydrogens is 300 g/mol. The zero-order valence-electron chi connectivity index (χ0n) is 14.6. The Morgan fingerprint density at radius 2 is 1.96 bits per heavy atom. The fraction of sp³-hybridized carbons (Fsp3) is 0.350. The number of rotatable bonds is 6. The van der Waals surface area contributed by atoms with Crippen LogP contribution in [0.5, 0.6) is 5.75 Å². The molecule has 0 saturated carbocycles. The second-order valence-electron chi connectivity index (χ2n) is 6.21. The maximum Gasteiger partial charge on any atom is 0.256 e. The van der Waals surface area contributed by atoms with E-state index in [-0.39, 0.29) is 6.61 Å². The van der Waals surface area contributed by atoms with E-state index < -0.39 is 6.10 Å². The molecule has 0 amide bonds. The summed E-state index contributed by atoms with van der Waals surface area (Å²) < 4.78 is 10.1. The van der Waals surface area contributed by atoms with Crippen LogP contribution >= 0.6 is 0 Å². The summed E-state index contributed by atoms with van der Waals surface area (Å²) in [6.07, 6.45) is 0.350. The van der Waals surface area contributed by atoms with Crippen molar-refractivity contribution < 1.29 is 14.4 Å². The number of fused-ring (bicyclic) bond motifs is 1. The zero-order valence-corrected chi connectivity index (χ0v) is 14.6. The van der Waals surface area contributed by atoms with Crippen molar-refractivity contribution in [3.05, 3.63) is 59.9 Å². The Kier molecular flexibility index (Phi) is 4.86. The molecule has 1 N–H and O–H groups in total. The standard InChI is InChI=1S/C20H25N2O2/c1-4-20-21(3)18-10-5-6-11-19(18)22(20)13-16(23)14-24-17-9-7-8-15(2)12-17/h5-12,16,23H,4,13-14H2,1-3H3/q+1/t16-/m0/s1. The Labute approximate surface area is 142 Å². The van der Waals surface area contributed by atoms with Crippen molar-refractivity contribution in [3.8, 4) is 5.75 Å². The van der Waals surface area contributed by atoms with Gasteiger partial charge in [-0.15, -0.1) is 0 Å². The van der Waals surface area contributed by atoms with E-state index in [0.717, 1.165) is 23.3 Å². The van der Waals surface area contributed by atoms with Gasteiger partial charge in [-0.05, 0) is 36.8 Å². The third-order valence-electron chi connectivity index (χ3n) is 4.37. The van der Waals surface area contributed by atoms with Crippen LogP contribution in [0.4, 0.5) is 0 Å². The van der Waals surface area contributed by atoms with E-state index in [1.165, 1.54) is 11.3 Å². The van der Waals surface area contributed by atoms with Gasteiger partial charge in [-0.2, -0.15) is 0 Å². The predicted molar refractivity (Wildman–Crippen MR) is 95.2 cm³/mol. The largest absolute Gasteiger partial charge is 0.491 e. The molecule has 4 nitrogen and oxygen atoms in total. The number of hydrogen-bond donors (Lipinski definition) is 1. The first kappa shape index (κ1) is 16.5. The average Bonchev–Trinajstić information content (AvgIpc) is 2.85. The minimum absolute atomic E-state index is 0.281. The maximum atomic E-state index is 10.5. The molecule has 3 rings (SSSR count). The lowest BCUT2D eigenvalue weighted by Gasteiger charge is -2.12. The van der Waals surface area contributed by atoms with Crippen LogP contribution in [0.15, 0.2) is 48.5 Å². The molecule has 3 aromatic rings. The first-order chi connectivity index (χ1) is 11.6. The van der Waals surface area contributed by atoms with Crippen LogP contribution in [0.3, 0.4) is 0 Å². The van der Waals surface area contributed by atoms with Gasteiger partial charge in [0.2, 0.25) is 0 Å². The van der Waals surface area contributed by atoms with Gasteiger partial charge < -0.3 is 9.84 Å². The lowest BCUT2D eigenvalue weighted by Crippen LogP contribution is -2.34. The Balaban J connectivity index is 1.77. The van der Waals surface area contributed by atoms with E-state index >= 15 is 0 Å². The second kappa shape index (κ2) is 7.05. The number of aliphatic hydroxyl groups excluding tert-OH is 1. The highest BCUT2D eigenvalue weighted by molar-refractivity contribution is 5.72. The molecule has 0 radical (unpaired) electrons. The quantitative estimate of drug-likeness (QED) is 0.708. The lowest BCUT2D eigenvalue weighted by molar-refractivity contribution is -0.653. The normalized spacial score (nSPS) is 12.5. The van der Waals surface area contributed by atoms with Crippen LogP contribution in [-0.2, 0) is 20.0 Å². The van der Waals surface area contributed by atoms with Crippen LogP contribution in [0.25, 0.3) is 11.0 Å². The smallest absolute Gasteiger partial charge is 0.256 e. The van der Waals surface area contributed by atoms with E-state index in [1.54, 1.807) is 0 Å². The summed E-state index contributed by atoms with van der Waals surface area (Å²) in [5, 5.41) is 10.5. The van der Waals surface area contributed by atoms with Gasteiger partial charge in [-0.25, -0.2) is 9.13 Å². The van der Waals surface area contributed by atoms with E-state index in [9.17, 15) is 5.11 Å². The number of benzene rings is 2. The first-order valence-electron chi connectivity index (χ1n) is 8.43. The number of aromatic nitrogens is 2. The minimum Gasteiger partial charge on any atom is -0.491 e. The number of hydrogen-bond acceptors (Lipinski definition) is 2. The first-order valence-corrected chi connectivity index (χ1v) is 8.43. The van der Waals surface area contributed by atoms with Crippen LogP contribution in [0.1, 0.15) is 18.3 Å². The van der Waals surface area contributed by atoms with Gasteiger partial charge in [0.25, 0.3) is 5.82 Å². The predicted octanol–water partition coefficient (Wildman–Crippen LogP) is 2.78. The Bertz CT molecular complexity index is 839. The van der Waals surface area contributed by atoms with Crippen molar-refractivity contribution in [1.29, 1.82) is 0 Å². The highest BCUT2D eigenvalue weighted by atomic mass is 16.5.